The lowest BCUT2D eigenvalue weighted by Crippen LogP contribution is -2.30. The minimum atomic E-state index is -0.699. The Morgan fingerprint density at radius 1 is 1.25 bits per heavy atom. The highest BCUT2D eigenvalue weighted by Crippen LogP contribution is 2.63. The first-order valence-corrected chi connectivity index (χ1v) is 7.24. The van der Waals surface area contributed by atoms with E-state index in [-0.39, 0.29) is 33.3 Å². The van der Waals surface area contributed by atoms with Gasteiger partial charge in [-0.3, -0.25) is 9.59 Å². The molecular weight excluding hydrogens is 299 g/mol. The fraction of sp³-hybridized carbons (Fsp3) is 0.333. The molecule has 0 saturated heterocycles. The van der Waals surface area contributed by atoms with Gasteiger partial charge in [0, 0.05) is 11.5 Å². The van der Waals surface area contributed by atoms with Crippen molar-refractivity contribution in [3.63, 3.8) is 0 Å². The topological polar surface area (TPSA) is 54.4 Å². The summed E-state index contributed by atoms with van der Waals surface area (Å²) in [7, 11) is 0. The second kappa shape index (κ2) is 3.66. The van der Waals surface area contributed by atoms with E-state index in [1.807, 2.05) is 0 Å². The van der Waals surface area contributed by atoms with E-state index in [9.17, 15) is 14.7 Å². The van der Waals surface area contributed by atoms with Crippen molar-refractivity contribution in [2.45, 2.75) is 19.3 Å². The smallest absolute Gasteiger partial charge is 0.177 e. The van der Waals surface area contributed by atoms with Gasteiger partial charge in [0.1, 0.15) is 5.75 Å². The quantitative estimate of drug-likeness (QED) is 0.797. The van der Waals surface area contributed by atoms with Crippen molar-refractivity contribution in [3.05, 3.63) is 33.3 Å². The van der Waals surface area contributed by atoms with Crippen LogP contribution >= 0.6 is 23.2 Å². The summed E-state index contributed by atoms with van der Waals surface area (Å²) in [6, 6.07) is 3.07. The molecule has 1 spiro atoms. The summed E-state index contributed by atoms with van der Waals surface area (Å²) in [5.74, 6) is -0.445. The van der Waals surface area contributed by atoms with Crippen LogP contribution in [0.25, 0.3) is 5.57 Å². The van der Waals surface area contributed by atoms with Crippen molar-refractivity contribution in [2.75, 3.05) is 0 Å². The molecule has 102 valence electrons. The van der Waals surface area contributed by atoms with Crippen LogP contribution in [-0.2, 0) is 4.79 Å². The van der Waals surface area contributed by atoms with E-state index in [2.05, 4.69) is 0 Å². The fourth-order valence-electron chi connectivity index (χ4n) is 3.94. The van der Waals surface area contributed by atoms with Crippen molar-refractivity contribution >= 4 is 40.3 Å². The number of phenolic OH excluding ortho intramolecular Hbond substituents is 1. The first-order chi connectivity index (χ1) is 9.47. The molecule has 0 aliphatic heterocycles. The molecule has 4 rings (SSSR count). The van der Waals surface area contributed by atoms with Crippen LogP contribution in [0.1, 0.15) is 35.2 Å². The Hall–Kier alpha value is -1.32. The van der Waals surface area contributed by atoms with Crippen molar-refractivity contribution < 1.29 is 14.7 Å². The highest BCUT2D eigenvalue weighted by atomic mass is 35.5. The van der Waals surface area contributed by atoms with Gasteiger partial charge < -0.3 is 5.11 Å². The molecule has 5 heteroatoms. The molecular formula is C15H10Cl2O3. The normalized spacial score (nSPS) is 30.8. The Morgan fingerprint density at radius 2 is 2.00 bits per heavy atom. The Labute approximate surface area is 125 Å². The molecule has 0 heterocycles. The third-order valence-corrected chi connectivity index (χ3v) is 5.61. The number of rotatable bonds is 0. The van der Waals surface area contributed by atoms with Gasteiger partial charge in [-0.25, -0.2) is 0 Å². The van der Waals surface area contributed by atoms with E-state index in [4.69, 9.17) is 23.2 Å². The minimum absolute atomic E-state index is 0.0594. The highest BCUT2D eigenvalue weighted by Gasteiger charge is 2.59. The third kappa shape index (κ3) is 1.19. The third-order valence-electron chi connectivity index (χ3n) is 4.85. The van der Waals surface area contributed by atoms with Gasteiger partial charge in [-0.05, 0) is 36.5 Å². The number of ketones is 2. The number of phenols is 1. The van der Waals surface area contributed by atoms with Gasteiger partial charge in [-0.15, -0.1) is 0 Å². The molecule has 1 N–H and O–H groups in total. The zero-order chi connectivity index (χ0) is 14.2. The summed E-state index contributed by atoms with van der Waals surface area (Å²) in [4.78, 5) is 25.0. The lowest BCUT2D eigenvalue weighted by atomic mass is 9.73. The highest BCUT2D eigenvalue weighted by molar-refractivity contribution is 6.49. The Balaban J connectivity index is 2.11. The average molecular weight is 309 g/mol. The Kier molecular flexibility index (Phi) is 2.27. The van der Waals surface area contributed by atoms with E-state index in [1.54, 1.807) is 6.07 Å². The van der Waals surface area contributed by atoms with E-state index < -0.39 is 5.41 Å². The molecule has 0 radical (unpaired) electrons. The number of Topliss-reactive ketones (excluding diaryl/α,β-unsaturated/α-hetero) is 2. The van der Waals surface area contributed by atoms with E-state index in [1.165, 1.54) is 6.07 Å². The van der Waals surface area contributed by atoms with Crippen LogP contribution in [0, 0.1) is 11.3 Å². The van der Waals surface area contributed by atoms with Crippen LogP contribution < -0.4 is 0 Å². The molecule has 1 aromatic rings. The molecule has 3 aliphatic carbocycles. The number of carbonyl (C=O) groups excluding carboxylic acids is 2. The van der Waals surface area contributed by atoms with Crippen molar-refractivity contribution in [2.24, 2.45) is 11.3 Å². The minimum Gasteiger partial charge on any atom is -0.506 e. The molecule has 2 atom stereocenters. The van der Waals surface area contributed by atoms with E-state index >= 15 is 0 Å². The molecule has 1 aromatic carbocycles. The molecule has 3 aliphatic rings. The molecule has 1 fully saturated rings. The number of hydrogen-bond donors (Lipinski definition) is 1. The van der Waals surface area contributed by atoms with Gasteiger partial charge in [0.2, 0.25) is 0 Å². The molecule has 0 unspecified atom stereocenters. The van der Waals surface area contributed by atoms with Crippen molar-refractivity contribution in [3.8, 4) is 5.75 Å². The van der Waals surface area contributed by atoms with Gasteiger partial charge in [0.25, 0.3) is 0 Å². The van der Waals surface area contributed by atoms with Crippen LogP contribution in [0.15, 0.2) is 17.2 Å². The first-order valence-electron chi connectivity index (χ1n) is 6.48. The van der Waals surface area contributed by atoms with E-state index in [0.717, 1.165) is 0 Å². The maximum atomic E-state index is 12.8. The lowest BCUT2D eigenvalue weighted by molar-refractivity contribution is -0.118. The zero-order valence-corrected chi connectivity index (χ0v) is 11.9. The predicted molar refractivity (Wildman–Crippen MR) is 75.0 cm³/mol. The predicted octanol–water partition coefficient (Wildman–Crippen LogP) is 3.56. The monoisotopic (exact) mass is 308 g/mol. The number of allylic oxidation sites excluding steroid dienone is 2. The van der Waals surface area contributed by atoms with Crippen LogP contribution in [0.2, 0.25) is 5.02 Å². The maximum Gasteiger partial charge on any atom is 0.177 e. The molecule has 1 saturated carbocycles. The van der Waals surface area contributed by atoms with Gasteiger partial charge >= 0.3 is 0 Å². The molecule has 0 aromatic heterocycles. The summed E-state index contributed by atoms with van der Waals surface area (Å²) in [5, 5.41) is 9.95. The molecule has 2 bridgehead atoms. The number of halogens is 2. The van der Waals surface area contributed by atoms with E-state index in [0.29, 0.717) is 36.0 Å². The van der Waals surface area contributed by atoms with Gasteiger partial charge in [0.15, 0.2) is 11.6 Å². The van der Waals surface area contributed by atoms with Gasteiger partial charge in [0.05, 0.1) is 15.5 Å². The van der Waals surface area contributed by atoms with Gasteiger partial charge in [-0.2, -0.15) is 0 Å². The largest absolute Gasteiger partial charge is 0.506 e. The Morgan fingerprint density at radius 3 is 2.75 bits per heavy atom. The number of benzene rings is 1. The Bertz CT molecular complexity index is 735. The van der Waals surface area contributed by atoms with Crippen LogP contribution in [0.3, 0.4) is 0 Å². The summed E-state index contributed by atoms with van der Waals surface area (Å²) in [5.41, 5.74) is 0.849. The number of fused-ring (bicyclic) bond motifs is 3. The second-order valence-electron chi connectivity index (χ2n) is 5.73. The molecule has 0 amide bonds. The van der Waals surface area contributed by atoms with Gasteiger partial charge in [-0.1, -0.05) is 29.3 Å². The summed E-state index contributed by atoms with van der Waals surface area (Å²) < 4.78 is 0. The number of carbonyl (C=O) groups is 2. The first kappa shape index (κ1) is 12.4. The summed E-state index contributed by atoms with van der Waals surface area (Å²) >= 11 is 12.3. The van der Waals surface area contributed by atoms with Crippen molar-refractivity contribution in [1.29, 1.82) is 0 Å². The van der Waals surface area contributed by atoms with Crippen LogP contribution in [-0.4, -0.2) is 16.7 Å². The fourth-order valence-corrected chi connectivity index (χ4v) is 4.63. The zero-order valence-electron chi connectivity index (χ0n) is 10.4. The summed E-state index contributed by atoms with van der Waals surface area (Å²) in [6.07, 6.45) is 1.82. The van der Waals surface area contributed by atoms with Crippen LogP contribution in [0.4, 0.5) is 0 Å². The number of aromatic hydroxyl groups is 1. The number of hydrogen-bond acceptors (Lipinski definition) is 3. The summed E-state index contributed by atoms with van der Waals surface area (Å²) in [6.45, 7) is 0. The average Bonchev–Trinajstić information content (AvgIpc) is 2.93. The maximum absolute atomic E-state index is 12.8. The van der Waals surface area contributed by atoms with Crippen LogP contribution in [0.5, 0.6) is 5.75 Å². The second-order valence-corrected chi connectivity index (χ2v) is 6.48. The lowest BCUT2D eigenvalue weighted by Gasteiger charge is -2.28. The molecule has 3 nitrogen and oxygen atoms in total. The molecule has 20 heavy (non-hydrogen) atoms. The standard InChI is InChI=1S/C15H10Cl2O3/c16-11-8(18)2-1-7-9(11)14(20)15-4-3-6(5-15)13(19)12(17)10(7)15/h1-2,6,18H,3-5H2/t6-,15+/m1/s1. The van der Waals surface area contributed by atoms with Crippen molar-refractivity contribution in [1.82, 2.24) is 0 Å². The SMILES string of the molecule is O=C1C(Cl)=C2c3ccc(O)c(Cl)c3C(=O)[C@]23CC[C@@H]1C3.